The van der Waals surface area contributed by atoms with Crippen molar-refractivity contribution in [3.05, 3.63) is 24.3 Å². The second-order valence-electron chi connectivity index (χ2n) is 2.16. The van der Waals surface area contributed by atoms with Crippen molar-refractivity contribution in [1.82, 2.24) is 0 Å². The van der Waals surface area contributed by atoms with E-state index in [0.29, 0.717) is 4.82 Å². The van der Waals surface area contributed by atoms with E-state index in [1.165, 1.54) is 0 Å². The summed E-state index contributed by atoms with van der Waals surface area (Å²) >= 11 is 3.76. The van der Waals surface area contributed by atoms with E-state index < -0.39 is 7.81 Å². The Bertz CT molecular complexity index is 212. The van der Waals surface area contributed by atoms with Crippen LogP contribution >= 0.6 is 7.81 Å². The average molecular weight is 266 g/mol. The normalized spacial score (nSPS) is 21.8. The first-order chi connectivity index (χ1) is 5.34. The number of halogens is 6. The van der Waals surface area contributed by atoms with Crippen molar-refractivity contribution in [3.63, 3.8) is 0 Å². The average Bonchev–Trinajstić information content (AvgIpc) is 2.07. The molecule has 0 aromatic heterocycles. The van der Waals surface area contributed by atoms with Crippen LogP contribution < -0.4 is 0 Å². The Morgan fingerprint density at radius 2 is 1.08 bits per heavy atom. The fourth-order valence-corrected chi connectivity index (χ4v) is 0.645. The third-order valence-corrected chi connectivity index (χ3v) is 1.12. The molecule has 0 spiro atoms. The molecule has 0 radical (unpaired) electrons. The number of hydrogen-bond acceptors (Lipinski definition) is 0. The zero-order chi connectivity index (χ0) is 10.8. The van der Waals surface area contributed by atoms with Crippen molar-refractivity contribution >= 4 is 7.81 Å². The minimum absolute atomic E-state index is 0.435. The molecular formula is C5H5F6FeP. The molecule has 0 aromatic rings. The van der Waals surface area contributed by atoms with Gasteiger partial charge in [-0.3, -0.25) is 0 Å². The standard InChI is InChI=1S/C5H5.F6P.Fe/c1-2-4-5-3-1;1-7(2,3,4,5)6;/h1-5H;;/q;-1;+1. The molecule has 0 bridgehead atoms. The number of allylic oxidation sites excluding steroid dienone is 4. The summed E-state index contributed by atoms with van der Waals surface area (Å²) in [6.45, 7) is 0. The molecule has 0 heterocycles. The topological polar surface area (TPSA) is 0 Å². The van der Waals surface area contributed by atoms with Crippen LogP contribution in [0.15, 0.2) is 24.3 Å². The molecule has 13 heavy (non-hydrogen) atoms. The van der Waals surface area contributed by atoms with Gasteiger partial charge in [-0.2, -0.15) is 0 Å². The zero-order valence-electron chi connectivity index (χ0n) is 5.96. The maximum absolute atomic E-state index is 10.7. The first-order valence-corrected chi connectivity index (χ1v) is 5.55. The Labute approximate surface area is 78.7 Å². The maximum atomic E-state index is 9.87. The molecule has 8 heteroatoms. The van der Waals surface area contributed by atoms with E-state index in [4.69, 9.17) is 0 Å². The first kappa shape index (κ1) is 13.0. The zero-order valence-corrected chi connectivity index (χ0v) is 7.95. The number of hydrogen-bond donors (Lipinski definition) is 0. The van der Waals surface area contributed by atoms with Gasteiger partial charge in [-0.15, -0.1) is 0 Å². The molecule has 0 fully saturated rings. The molecule has 80 valence electrons. The van der Waals surface area contributed by atoms with E-state index in [1.54, 1.807) is 0 Å². The van der Waals surface area contributed by atoms with Gasteiger partial charge < -0.3 is 0 Å². The van der Waals surface area contributed by atoms with Crippen LogP contribution in [0.4, 0.5) is 25.2 Å². The van der Waals surface area contributed by atoms with E-state index in [0.717, 1.165) is 0 Å². The predicted molar refractivity (Wildman–Crippen MR) is 35.6 cm³/mol. The third-order valence-electron chi connectivity index (χ3n) is 0.692. The molecule has 0 aliphatic heterocycles. The fraction of sp³-hybridized carbons (Fsp3) is 0.200. The molecule has 0 unspecified atom stereocenters. The Hall–Kier alpha value is 0.00948. The van der Waals surface area contributed by atoms with Gasteiger partial charge >= 0.3 is 78.1 Å². The number of rotatable bonds is 0. The van der Waals surface area contributed by atoms with Crippen molar-refractivity contribution < 1.29 is 41.2 Å². The molecule has 0 saturated carbocycles. The minimum atomic E-state index is -10.7. The van der Waals surface area contributed by atoms with Gasteiger partial charge in [0.25, 0.3) is 0 Å². The summed E-state index contributed by atoms with van der Waals surface area (Å²) in [4.78, 5) is 0.435. The monoisotopic (exact) mass is 266 g/mol. The summed E-state index contributed by atoms with van der Waals surface area (Å²) in [6, 6.07) is 0. The van der Waals surface area contributed by atoms with Gasteiger partial charge in [0.15, 0.2) is 0 Å². The first-order valence-electron chi connectivity index (χ1n) is 2.88. The summed E-state index contributed by atoms with van der Waals surface area (Å²) in [5.74, 6) is 0. The van der Waals surface area contributed by atoms with Crippen molar-refractivity contribution in [1.29, 1.82) is 0 Å². The summed E-state index contributed by atoms with van der Waals surface area (Å²) in [5.41, 5.74) is 0. The molecule has 1 aliphatic rings. The quantitative estimate of drug-likeness (QED) is 0.334. The Balaban J connectivity index is 0.000000223. The van der Waals surface area contributed by atoms with E-state index in [1.807, 2.05) is 12.2 Å². The van der Waals surface area contributed by atoms with Crippen molar-refractivity contribution in [2.24, 2.45) is 0 Å². The Morgan fingerprint density at radius 1 is 0.846 bits per heavy atom. The molecule has 1 rings (SSSR count). The van der Waals surface area contributed by atoms with Gasteiger partial charge in [-0.25, -0.2) is 0 Å². The summed E-state index contributed by atoms with van der Waals surface area (Å²) < 4.78 is 59.2. The van der Waals surface area contributed by atoms with E-state index >= 15 is 0 Å². The van der Waals surface area contributed by atoms with E-state index in [2.05, 4.69) is 28.2 Å². The van der Waals surface area contributed by atoms with Crippen molar-refractivity contribution in [2.45, 2.75) is 4.82 Å². The van der Waals surface area contributed by atoms with Gasteiger partial charge in [-0.05, 0) is 0 Å². The Morgan fingerprint density at radius 3 is 1.15 bits per heavy atom. The molecule has 0 atom stereocenters. The SMILES string of the molecule is F[P-](F)(F)(F)(F)F.[Fe+][CH]1C=CC=C1. The molecule has 0 amide bonds. The van der Waals surface area contributed by atoms with Crippen LogP contribution in [0, 0.1) is 0 Å². The van der Waals surface area contributed by atoms with Gasteiger partial charge in [0.2, 0.25) is 0 Å². The van der Waals surface area contributed by atoms with Crippen molar-refractivity contribution in [2.75, 3.05) is 0 Å². The van der Waals surface area contributed by atoms with Crippen LogP contribution in [0.1, 0.15) is 0 Å². The fourth-order valence-electron chi connectivity index (χ4n) is 0.399. The second-order valence-corrected chi connectivity index (χ2v) is 4.81. The summed E-state index contributed by atoms with van der Waals surface area (Å²) in [5, 5.41) is 0. The van der Waals surface area contributed by atoms with Crippen LogP contribution in [0.5, 0.6) is 0 Å². The predicted octanol–water partition coefficient (Wildman–Crippen LogP) is 4.83. The van der Waals surface area contributed by atoms with Crippen LogP contribution in [0.3, 0.4) is 0 Å². The molecule has 0 N–H and O–H groups in total. The van der Waals surface area contributed by atoms with E-state index in [-0.39, 0.29) is 0 Å². The van der Waals surface area contributed by atoms with Crippen LogP contribution in [0.2, 0.25) is 4.82 Å². The molecular weight excluding hydrogens is 261 g/mol. The van der Waals surface area contributed by atoms with Gasteiger partial charge in [0, 0.05) is 0 Å². The van der Waals surface area contributed by atoms with Crippen LogP contribution in [-0.4, -0.2) is 0 Å². The Kier molecular flexibility index (Phi) is 3.01. The molecule has 0 saturated heterocycles. The van der Waals surface area contributed by atoms with Gasteiger partial charge in [-0.1, -0.05) is 0 Å². The van der Waals surface area contributed by atoms with E-state index in [9.17, 15) is 25.2 Å². The molecule has 0 nitrogen and oxygen atoms in total. The van der Waals surface area contributed by atoms with Crippen LogP contribution in [-0.2, 0) is 16.0 Å². The van der Waals surface area contributed by atoms with Crippen molar-refractivity contribution in [3.8, 4) is 0 Å². The van der Waals surface area contributed by atoms with Crippen LogP contribution in [0.25, 0.3) is 0 Å². The second kappa shape index (κ2) is 3.00. The summed E-state index contributed by atoms with van der Waals surface area (Å²) in [7, 11) is -10.7. The summed E-state index contributed by atoms with van der Waals surface area (Å²) in [6.07, 6.45) is 8.13. The molecule has 1 aliphatic carbocycles. The van der Waals surface area contributed by atoms with Gasteiger partial charge in [0.1, 0.15) is 0 Å². The third kappa shape index (κ3) is 24.5. The van der Waals surface area contributed by atoms with Gasteiger partial charge in [0.05, 0.1) is 0 Å². The molecule has 0 aromatic carbocycles.